The number of Topliss-reactive ketones (excluding diaryl/α,β-unsaturated/α-hetero) is 1. The zero-order chi connectivity index (χ0) is 27.1. The number of unbranched alkanes of at least 4 members (excludes halogenated alkanes) is 1. The molecule has 3 fully saturated rings. The van der Waals surface area contributed by atoms with Crippen LogP contribution in [0.25, 0.3) is 0 Å². The molecule has 1 saturated carbocycles. The maximum atomic E-state index is 11.8. The summed E-state index contributed by atoms with van der Waals surface area (Å²) in [6.45, 7) is 7.68. The van der Waals surface area contributed by atoms with E-state index in [1.54, 1.807) is 0 Å². The van der Waals surface area contributed by atoms with Crippen molar-refractivity contribution < 1.29 is 4.79 Å². The Morgan fingerprint density at radius 1 is 0.949 bits per heavy atom. The molecule has 2 aromatic rings. The molecule has 2 heterocycles. The lowest BCUT2D eigenvalue weighted by Crippen LogP contribution is -2.54. The van der Waals surface area contributed by atoms with Gasteiger partial charge in [0.2, 0.25) is 0 Å². The zero-order valence-electron chi connectivity index (χ0n) is 23.9. The number of hydrogen-bond donors (Lipinski definition) is 0. The summed E-state index contributed by atoms with van der Waals surface area (Å²) in [6.07, 6.45) is 10.5. The van der Waals surface area contributed by atoms with E-state index in [4.69, 9.17) is 0 Å². The van der Waals surface area contributed by atoms with Gasteiger partial charge in [-0.05, 0) is 74.2 Å². The van der Waals surface area contributed by atoms with Crippen molar-refractivity contribution >= 4 is 11.5 Å². The lowest BCUT2D eigenvalue weighted by Gasteiger charge is -2.48. The number of rotatable bonds is 12. The molecule has 1 aliphatic carbocycles. The monoisotopic (exact) mass is 525 g/mol. The molecule has 3 atom stereocenters. The Morgan fingerprint density at radius 3 is 2.31 bits per heavy atom. The van der Waals surface area contributed by atoms with Crippen LogP contribution >= 0.6 is 0 Å². The fourth-order valence-electron chi connectivity index (χ4n) is 8.06. The number of nitriles is 1. The molecule has 0 amide bonds. The molecule has 208 valence electrons. The lowest BCUT2D eigenvalue weighted by atomic mass is 9.57. The summed E-state index contributed by atoms with van der Waals surface area (Å²) < 4.78 is 0. The van der Waals surface area contributed by atoms with Crippen LogP contribution in [0.15, 0.2) is 60.7 Å². The molecule has 0 N–H and O–H groups in total. The first kappa shape index (κ1) is 27.9. The largest absolute Gasteiger partial charge is 0.371 e. The van der Waals surface area contributed by atoms with Crippen LogP contribution in [0, 0.1) is 35.0 Å². The maximum Gasteiger partial charge on any atom is 0.132 e. The first-order chi connectivity index (χ1) is 19.1. The molecule has 1 unspecified atom stereocenters. The van der Waals surface area contributed by atoms with Crippen molar-refractivity contribution in [3.8, 4) is 6.07 Å². The van der Waals surface area contributed by atoms with E-state index in [-0.39, 0.29) is 0 Å². The Hall–Kier alpha value is -2.64. The number of anilines is 1. The number of hydrogen-bond acceptors (Lipinski definition) is 4. The standard InChI is InChI=1S/C35H47N3O/c1-2-33(39)18-10-9-12-29-13-11-19-34(29)35(27-36,30-14-5-3-6-15-30)31-20-22-37(23-21-31)24-28-25-38(26-28)32-16-7-4-8-17-32/h3-8,14-17,28-29,31,34H,2,9-13,18-26H2,1H3/t29-,34-,35?/m0/s1. The molecule has 4 nitrogen and oxygen atoms in total. The molecule has 39 heavy (non-hydrogen) atoms. The van der Waals surface area contributed by atoms with Gasteiger partial charge in [0.1, 0.15) is 5.78 Å². The molecule has 2 aliphatic heterocycles. The molecule has 3 aliphatic rings. The van der Waals surface area contributed by atoms with Gasteiger partial charge in [-0.1, -0.05) is 81.1 Å². The highest BCUT2D eigenvalue weighted by Gasteiger charge is 2.51. The summed E-state index contributed by atoms with van der Waals surface area (Å²) in [4.78, 5) is 17.0. The van der Waals surface area contributed by atoms with Crippen LogP contribution in [-0.4, -0.2) is 43.4 Å². The predicted molar refractivity (Wildman–Crippen MR) is 160 cm³/mol. The molecular weight excluding hydrogens is 478 g/mol. The number of piperidine rings is 1. The van der Waals surface area contributed by atoms with Crippen LogP contribution in [0.4, 0.5) is 5.69 Å². The van der Waals surface area contributed by atoms with E-state index < -0.39 is 5.41 Å². The van der Waals surface area contributed by atoms with E-state index in [2.05, 4.69) is 76.5 Å². The van der Waals surface area contributed by atoms with Crippen molar-refractivity contribution in [2.75, 3.05) is 37.6 Å². The molecule has 4 heteroatoms. The Balaban J connectivity index is 1.22. The van der Waals surface area contributed by atoms with Gasteiger partial charge in [-0.2, -0.15) is 5.26 Å². The third-order valence-corrected chi connectivity index (χ3v) is 10.2. The van der Waals surface area contributed by atoms with Gasteiger partial charge < -0.3 is 9.80 Å². The normalized spacial score (nSPS) is 24.2. The van der Waals surface area contributed by atoms with Crippen LogP contribution in [-0.2, 0) is 10.2 Å². The van der Waals surface area contributed by atoms with E-state index >= 15 is 0 Å². The van der Waals surface area contributed by atoms with Gasteiger partial charge in [-0.15, -0.1) is 0 Å². The summed E-state index contributed by atoms with van der Waals surface area (Å²) in [5.41, 5.74) is 2.20. The minimum Gasteiger partial charge on any atom is -0.371 e. The molecule has 2 saturated heterocycles. The minimum absolute atomic E-state index is 0.384. The van der Waals surface area contributed by atoms with Crippen molar-refractivity contribution in [3.05, 3.63) is 66.2 Å². The van der Waals surface area contributed by atoms with Gasteiger partial charge in [-0.3, -0.25) is 4.79 Å². The Bertz CT molecular complexity index is 1080. The summed E-state index contributed by atoms with van der Waals surface area (Å²) in [6, 6.07) is 24.6. The second-order valence-electron chi connectivity index (χ2n) is 12.5. The fraction of sp³-hybridized carbons (Fsp3) is 0.600. The van der Waals surface area contributed by atoms with E-state index in [9.17, 15) is 10.1 Å². The van der Waals surface area contributed by atoms with Gasteiger partial charge in [0.25, 0.3) is 0 Å². The number of likely N-dealkylation sites (tertiary alicyclic amines) is 1. The first-order valence-corrected chi connectivity index (χ1v) is 15.6. The van der Waals surface area contributed by atoms with Crippen molar-refractivity contribution in [2.45, 2.75) is 76.5 Å². The van der Waals surface area contributed by atoms with E-state index in [1.165, 1.54) is 37.1 Å². The smallest absolute Gasteiger partial charge is 0.132 e. The van der Waals surface area contributed by atoms with Crippen molar-refractivity contribution in [3.63, 3.8) is 0 Å². The van der Waals surface area contributed by atoms with Gasteiger partial charge in [0.15, 0.2) is 0 Å². The Morgan fingerprint density at radius 2 is 1.64 bits per heavy atom. The number of para-hydroxylation sites is 1. The number of carbonyl (C=O) groups excluding carboxylic acids is 1. The van der Waals surface area contributed by atoms with Gasteiger partial charge in [-0.25, -0.2) is 0 Å². The number of carbonyl (C=O) groups is 1. The Kier molecular flexibility index (Phi) is 9.40. The number of benzene rings is 2. The van der Waals surface area contributed by atoms with Gasteiger partial charge >= 0.3 is 0 Å². The molecule has 0 spiro atoms. The maximum absolute atomic E-state index is 11.8. The van der Waals surface area contributed by atoms with E-state index in [0.717, 1.165) is 70.6 Å². The molecule has 0 bridgehead atoms. The summed E-state index contributed by atoms with van der Waals surface area (Å²) in [5, 5.41) is 11.0. The van der Waals surface area contributed by atoms with Gasteiger partial charge in [0.05, 0.1) is 11.5 Å². The third kappa shape index (κ3) is 6.25. The van der Waals surface area contributed by atoms with Crippen LogP contribution < -0.4 is 4.90 Å². The van der Waals surface area contributed by atoms with Crippen LogP contribution in [0.2, 0.25) is 0 Å². The summed E-state index contributed by atoms with van der Waals surface area (Å²) in [7, 11) is 0. The molecular formula is C35H47N3O. The SMILES string of the molecule is CCC(=O)CCCC[C@H]1CCC[C@@H]1C(C#N)(c1ccccc1)C1CCN(CC2CN(c3ccccc3)C2)CC1. The predicted octanol–water partition coefficient (Wildman–Crippen LogP) is 7.25. The number of nitrogens with zero attached hydrogens (tertiary/aromatic N) is 3. The third-order valence-electron chi connectivity index (χ3n) is 10.2. The molecule has 5 rings (SSSR count). The zero-order valence-corrected chi connectivity index (χ0v) is 23.9. The molecule has 2 aromatic carbocycles. The van der Waals surface area contributed by atoms with Crippen molar-refractivity contribution in [1.82, 2.24) is 4.90 Å². The number of ketones is 1. The highest BCUT2D eigenvalue weighted by Crippen LogP contribution is 2.53. The lowest BCUT2D eigenvalue weighted by molar-refractivity contribution is -0.118. The van der Waals surface area contributed by atoms with E-state index in [1.807, 2.05) is 6.92 Å². The fourth-order valence-corrected chi connectivity index (χ4v) is 8.06. The van der Waals surface area contributed by atoms with Crippen LogP contribution in [0.3, 0.4) is 0 Å². The minimum atomic E-state index is -0.395. The quantitative estimate of drug-likeness (QED) is 0.274. The summed E-state index contributed by atoms with van der Waals surface area (Å²) >= 11 is 0. The molecule has 0 radical (unpaired) electrons. The highest BCUT2D eigenvalue weighted by molar-refractivity contribution is 5.77. The van der Waals surface area contributed by atoms with Gasteiger partial charge in [0, 0.05) is 44.1 Å². The van der Waals surface area contributed by atoms with Crippen LogP contribution in [0.1, 0.15) is 76.7 Å². The second-order valence-corrected chi connectivity index (χ2v) is 12.5. The van der Waals surface area contributed by atoms with E-state index in [0.29, 0.717) is 30.0 Å². The average molecular weight is 526 g/mol. The topological polar surface area (TPSA) is 47.3 Å². The average Bonchev–Trinajstić information content (AvgIpc) is 3.44. The second kappa shape index (κ2) is 13.1. The van der Waals surface area contributed by atoms with Crippen molar-refractivity contribution in [2.24, 2.45) is 23.7 Å². The first-order valence-electron chi connectivity index (χ1n) is 15.6. The van der Waals surface area contributed by atoms with Crippen molar-refractivity contribution in [1.29, 1.82) is 5.26 Å². The van der Waals surface area contributed by atoms with Crippen LogP contribution in [0.5, 0.6) is 0 Å². The Labute approximate surface area is 236 Å². The molecule has 0 aromatic heterocycles. The highest BCUT2D eigenvalue weighted by atomic mass is 16.1. The summed E-state index contributed by atoms with van der Waals surface area (Å²) in [5.74, 6) is 2.56.